The highest BCUT2D eigenvalue weighted by Crippen LogP contribution is 2.33. The molecule has 8 heteroatoms. The highest BCUT2D eigenvalue weighted by Gasteiger charge is 2.37. The number of benzene rings is 1. The number of methoxy groups -OCH3 is 2. The molecule has 0 unspecified atom stereocenters. The second-order valence-corrected chi connectivity index (χ2v) is 8.12. The van der Waals surface area contributed by atoms with Crippen LogP contribution in [0.15, 0.2) is 41.1 Å². The Hall–Kier alpha value is -2.54. The van der Waals surface area contributed by atoms with E-state index in [4.69, 9.17) is 32.7 Å². The molecule has 6 nitrogen and oxygen atoms in total. The van der Waals surface area contributed by atoms with Gasteiger partial charge in [0.15, 0.2) is 0 Å². The van der Waals surface area contributed by atoms with Crippen molar-refractivity contribution in [2.45, 2.75) is 20.8 Å². The largest absolute Gasteiger partial charge is 0.465 e. The summed E-state index contributed by atoms with van der Waals surface area (Å²) in [6, 6.07) is 7.27. The number of allylic oxidation sites excluding steroid dienone is 1. The molecule has 0 radical (unpaired) electrons. The topological polar surface area (TPSA) is 60.8 Å². The molecule has 0 saturated heterocycles. The van der Waals surface area contributed by atoms with E-state index < -0.39 is 5.97 Å². The molecule has 2 heterocycles. The minimum atomic E-state index is -0.549. The lowest BCUT2D eigenvalue weighted by molar-refractivity contribution is -0.136. The van der Waals surface area contributed by atoms with E-state index in [-0.39, 0.29) is 11.5 Å². The molecule has 0 bridgehead atoms. The third kappa shape index (κ3) is 4.42. The lowest BCUT2D eigenvalue weighted by Gasteiger charge is -2.16. The van der Waals surface area contributed by atoms with Gasteiger partial charge in [0.05, 0.1) is 24.9 Å². The van der Waals surface area contributed by atoms with Crippen LogP contribution in [-0.2, 0) is 19.1 Å². The molecule has 0 N–H and O–H groups in total. The van der Waals surface area contributed by atoms with Crippen molar-refractivity contribution in [1.82, 2.24) is 9.47 Å². The number of amides is 1. The van der Waals surface area contributed by atoms with E-state index in [0.29, 0.717) is 34.5 Å². The minimum absolute atomic E-state index is 0.259. The third-order valence-electron chi connectivity index (χ3n) is 5.30. The molecule has 0 atom stereocenters. The Kier molecular flexibility index (Phi) is 6.94. The van der Waals surface area contributed by atoms with Gasteiger partial charge in [-0.05, 0) is 56.7 Å². The fraction of sp³-hybridized carbons (Fsp3) is 0.304. The van der Waals surface area contributed by atoms with E-state index in [1.165, 1.54) is 12.0 Å². The van der Waals surface area contributed by atoms with Crippen LogP contribution in [0.1, 0.15) is 23.9 Å². The molecule has 2 aromatic rings. The first-order valence-electron chi connectivity index (χ1n) is 9.67. The van der Waals surface area contributed by atoms with Crippen molar-refractivity contribution in [3.8, 4) is 5.69 Å². The smallest absolute Gasteiger partial charge is 0.340 e. The summed E-state index contributed by atoms with van der Waals surface area (Å²) >= 11 is 12.4. The van der Waals surface area contributed by atoms with Gasteiger partial charge in [0.25, 0.3) is 5.91 Å². The van der Waals surface area contributed by atoms with Crippen molar-refractivity contribution in [2.75, 3.05) is 27.4 Å². The van der Waals surface area contributed by atoms with Crippen molar-refractivity contribution in [3.05, 3.63) is 68.1 Å². The summed E-state index contributed by atoms with van der Waals surface area (Å²) in [5.74, 6) is -0.807. The van der Waals surface area contributed by atoms with Gasteiger partial charge in [-0.2, -0.15) is 0 Å². The van der Waals surface area contributed by atoms with E-state index in [0.717, 1.165) is 22.6 Å². The lowest BCUT2D eigenvalue weighted by Crippen LogP contribution is -2.28. The van der Waals surface area contributed by atoms with Crippen LogP contribution in [-0.4, -0.2) is 48.7 Å². The quantitative estimate of drug-likeness (QED) is 0.460. The molecule has 3 rings (SSSR count). The first-order valence-corrected chi connectivity index (χ1v) is 10.4. The molecule has 0 fully saturated rings. The molecular weight excluding hydrogens is 439 g/mol. The van der Waals surface area contributed by atoms with E-state index in [1.807, 2.05) is 36.6 Å². The molecule has 0 aliphatic carbocycles. The maximum atomic E-state index is 13.1. The Morgan fingerprint density at radius 1 is 1.06 bits per heavy atom. The summed E-state index contributed by atoms with van der Waals surface area (Å²) < 4.78 is 12.1. The zero-order chi connectivity index (χ0) is 22.9. The van der Waals surface area contributed by atoms with Gasteiger partial charge in [-0.3, -0.25) is 4.79 Å². The molecule has 164 valence electrons. The molecule has 1 aromatic heterocycles. The average Bonchev–Trinajstić information content (AvgIpc) is 3.11. The Morgan fingerprint density at radius 2 is 1.71 bits per heavy atom. The van der Waals surface area contributed by atoms with Crippen LogP contribution in [0.2, 0.25) is 10.0 Å². The van der Waals surface area contributed by atoms with Crippen molar-refractivity contribution in [1.29, 1.82) is 0 Å². The predicted octanol–water partition coefficient (Wildman–Crippen LogP) is 4.72. The highest BCUT2D eigenvalue weighted by atomic mass is 35.5. The number of hydrogen-bond acceptors (Lipinski definition) is 4. The van der Waals surface area contributed by atoms with Gasteiger partial charge in [-0.15, -0.1) is 0 Å². The fourth-order valence-corrected chi connectivity index (χ4v) is 4.35. The number of nitrogens with zero attached hydrogens (tertiary/aromatic N) is 2. The monoisotopic (exact) mass is 462 g/mol. The second-order valence-electron chi connectivity index (χ2n) is 7.25. The van der Waals surface area contributed by atoms with Gasteiger partial charge >= 0.3 is 5.97 Å². The van der Waals surface area contributed by atoms with Crippen LogP contribution in [0.3, 0.4) is 0 Å². The first-order chi connectivity index (χ1) is 14.7. The second kappa shape index (κ2) is 9.30. The number of carbonyl (C=O) groups excluding carboxylic acids is 2. The zero-order valence-corrected chi connectivity index (χ0v) is 19.6. The summed E-state index contributed by atoms with van der Waals surface area (Å²) in [5, 5.41) is 1.06. The van der Waals surface area contributed by atoms with E-state index in [1.54, 1.807) is 26.2 Å². The first kappa shape index (κ1) is 23.1. The van der Waals surface area contributed by atoms with Crippen LogP contribution >= 0.6 is 23.2 Å². The number of aromatic nitrogens is 1. The van der Waals surface area contributed by atoms with E-state index in [2.05, 4.69) is 0 Å². The molecule has 0 spiro atoms. The molecule has 1 amide bonds. The van der Waals surface area contributed by atoms with Crippen LogP contribution in [0.4, 0.5) is 0 Å². The van der Waals surface area contributed by atoms with Crippen LogP contribution < -0.4 is 0 Å². The number of halogens is 2. The predicted molar refractivity (Wildman–Crippen MR) is 122 cm³/mol. The minimum Gasteiger partial charge on any atom is -0.465 e. The molecule has 1 aromatic carbocycles. The number of ether oxygens (including phenoxy) is 2. The van der Waals surface area contributed by atoms with Gasteiger partial charge in [-0.1, -0.05) is 23.2 Å². The Balaban J connectivity index is 2.12. The molecule has 1 aliphatic rings. The average molecular weight is 463 g/mol. The number of rotatable bonds is 6. The van der Waals surface area contributed by atoms with Gasteiger partial charge in [0.2, 0.25) is 0 Å². The maximum absolute atomic E-state index is 13.1. The Bertz CT molecular complexity index is 1090. The van der Waals surface area contributed by atoms with Gasteiger partial charge < -0.3 is 18.9 Å². The summed E-state index contributed by atoms with van der Waals surface area (Å²) in [4.78, 5) is 27.1. The number of carbonyl (C=O) groups is 2. The lowest BCUT2D eigenvalue weighted by atomic mass is 10.0. The van der Waals surface area contributed by atoms with Crippen molar-refractivity contribution < 1.29 is 19.1 Å². The summed E-state index contributed by atoms with van der Waals surface area (Å²) in [5.41, 5.74) is 4.55. The van der Waals surface area contributed by atoms with Crippen LogP contribution in [0, 0.1) is 13.8 Å². The van der Waals surface area contributed by atoms with E-state index >= 15 is 0 Å². The third-order valence-corrected chi connectivity index (χ3v) is 5.73. The number of aryl methyl sites for hydroxylation is 1. The van der Waals surface area contributed by atoms with Crippen molar-refractivity contribution >= 4 is 41.2 Å². The van der Waals surface area contributed by atoms with Crippen molar-refractivity contribution in [3.63, 3.8) is 0 Å². The summed E-state index contributed by atoms with van der Waals surface area (Å²) in [6.07, 6.45) is 1.73. The fourth-order valence-electron chi connectivity index (χ4n) is 3.83. The summed E-state index contributed by atoms with van der Waals surface area (Å²) in [6.45, 7) is 6.32. The molecular formula is C23H24Cl2N2O4. The van der Waals surface area contributed by atoms with Crippen LogP contribution in [0.25, 0.3) is 11.8 Å². The number of esters is 1. The normalized spacial score (nSPS) is 15.4. The Labute approximate surface area is 191 Å². The SMILES string of the molecule is COCCN1C(=O)/C(=C/c2cc(C)n(-c3cc(Cl)cc(Cl)c3)c2C)C(C(=O)OC)=C1C. The van der Waals surface area contributed by atoms with Gasteiger partial charge in [0, 0.05) is 46.5 Å². The van der Waals surface area contributed by atoms with Crippen LogP contribution in [0.5, 0.6) is 0 Å². The standard InChI is InChI=1S/C23H24Cl2N2O4/c1-13-8-16(14(2)27(13)19-11-17(24)10-18(25)12-19)9-20-21(23(29)31-5)15(3)26(22(20)28)6-7-30-4/h8-12H,6-7H2,1-5H3/b20-9+. The molecule has 1 aliphatic heterocycles. The zero-order valence-electron chi connectivity index (χ0n) is 18.1. The highest BCUT2D eigenvalue weighted by molar-refractivity contribution is 6.34. The van der Waals surface area contributed by atoms with Crippen molar-refractivity contribution in [2.24, 2.45) is 0 Å². The number of hydrogen-bond donors (Lipinski definition) is 0. The van der Waals surface area contributed by atoms with Gasteiger partial charge in [-0.25, -0.2) is 4.79 Å². The van der Waals surface area contributed by atoms with Gasteiger partial charge in [0.1, 0.15) is 0 Å². The summed E-state index contributed by atoms with van der Waals surface area (Å²) in [7, 11) is 2.87. The Morgan fingerprint density at radius 3 is 2.29 bits per heavy atom. The molecule has 31 heavy (non-hydrogen) atoms. The maximum Gasteiger partial charge on any atom is 0.340 e. The molecule has 0 saturated carbocycles. The van der Waals surface area contributed by atoms with E-state index in [9.17, 15) is 9.59 Å².